The number of hydrogen-bond acceptors (Lipinski definition) is 2. The van der Waals surface area contributed by atoms with E-state index >= 15 is 0 Å². The van der Waals surface area contributed by atoms with Gasteiger partial charge < -0.3 is 5.11 Å². The minimum absolute atomic E-state index is 0.0764. The van der Waals surface area contributed by atoms with Gasteiger partial charge in [-0.15, -0.1) is 0 Å². The summed E-state index contributed by atoms with van der Waals surface area (Å²) in [4.78, 5) is 2.49. The highest BCUT2D eigenvalue weighted by Gasteiger charge is 2.44. The Morgan fingerprint density at radius 1 is 1.20 bits per heavy atom. The first-order valence-electron chi connectivity index (χ1n) is 5.82. The minimum atomic E-state index is -0.0764. The molecule has 2 aliphatic rings. The van der Waals surface area contributed by atoms with Gasteiger partial charge in [0.2, 0.25) is 0 Å². The van der Waals surface area contributed by atoms with E-state index in [9.17, 15) is 5.11 Å². The van der Waals surface area contributed by atoms with E-state index in [1.54, 1.807) is 0 Å². The Morgan fingerprint density at radius 3 is 2.60 bits per heavy atom. The third-order valence-corrected chi connectivity index (χ3v) is 3.86. The first-order chi connectivity index (χ1) is 7.34. The Balaban J connectivity index is 1.75. The van der Waals surface area contributed by atoms with Crippen LogP contribution in [0.5, 0.6) is 0 Å². The predicted molar refractivity (Wildman–Crippen MR) is 59.4 cm³/mol. The molecule has 2 heterocycles. The zero-order chi connectivity index (χ0) is 10.3. The second-order valence-electron chi connectivity index (χ2n) is 4.76. The highest BCUT2D eigenvalue weighted by atomic mass is 16.3. The lowest BCUT2D eigenvalue weighted by molar-refractivity contribution is 0.119. The summed E-state index contributed by atoms with van der Waals surface area (Å²) in [6, 6.07) is 11.6. The Labute approximate surface area is 90.5 Å². The first-order valence-corrected chi connectivity index (χ1v) is 5.82. The number of rotatable bonds is 2. The van der Waals surface area contributed by atoms with Gasteiger partial charge in [0.15, 0.2) is 0 Å². The maximum atomic E-state index is 9.83. The summed E-state index contributed by atoms with van der Waals surface area (Å²) >= 11 is 0. The van der Waals surface area contributed by atoms with Gasteiger partial charge in [-0.2, -0.15) is 0 Å². The average molecular weight is 203 g/mol. The van der Waals surface area contributed by atoms with Crippen LogP contribution in [0.4, 0.5) is 0 Å². The Bertz CT molecular complexity index is 338. The van der Waals surface area contributed by atoms with Crippen LogP contribution in [0.25, 0.3) is 0 Å². The summed E-state index contributed by atoms with van der Waals surface area (Å²) in [5.41, 5.74) is 1.36. The van der Waals surface area contributed by atoms with E-state index in [0.717, 1.165) is 13.0 Å². The number of fused-ring (bicyclic) bond motifs is 2. The Morgan fingerprint density at radius 2 is 2.00 bits per heavy atom. The van der Waals surface area contributed by atoms with Gasteiger partial charge in [-0.25, -0.2) is 0 Å². The van der Waals surface area contributed by atoms with Crippen LogP contribution in [-0.2, 0) is 6.54 Å². The van der Waals surface area contributed by atoms with Crippen LogP contribution in [0, 0.1) is 0 Å². The zero-order valence-corrected chi connectivity index (χ0v) is 8.84. The lowest BCUT2D eigenvalue weighted by Crippen LogP contribution is -2.31. The number of hydrogen-bond donors (Lipinski definition) is 1. The van der Waals surface area contributed by atoms with Crippen molar-refractivity contribution in [3.63, 3.8) is 0 Å². The topological polar surface area (TPSA) is 23.5 Å². The van der Waals surface area contributed by atoms with E-state index in [1.807, 2.05) is 0 Å². The van der Waals surface area contributed by atoms with Gasteiger partial charge in [-0.1, -0.05) is 30.3 Å². The number of benzene rings is 1. The SMILES string of the molecule is O[C@H]1C[C@@H]2CC[C@H]1N2Cc1ccccc1. The molecule has 0 aliphatic carbocycles. The van der Waals surface area contributed by atoms with Crippen LogP contribution in [0.2, 0.25) is 0 Å². The molecule has 0 amide bonds. The Hall–Kier alpha value is -0.860. The fourth-order valence-electron chi connectivity index (χ4n) is 3.11. The monoisotopic (exact) mass is 203 g/mol. The molecule has 80 valence electrons. The van der Waals surface area contributed by atoms with Crippen molar-refractivity contribution in [1.29, 1.82) is 0 Å². The zero-order valence-electron chi connectivity index (χ0n) is 8.84. The van der Waals surface area contributed by atoms with E-state index in [-0.39, 0.29) is 6.10 Å². The van der Waals surface area contributed by atoms with Crippen molar-refractivity contribution in [2.24, 2.45) is 0 Å². The third-order valence-electron chi connectivity index (χ3n) is 3.86. The summed E-state index contributed by atoms with van der Waals surface area (Å²) < 4.78 is 0. The van der Waals surface area contributed by atoms with Gasteiger partial charge in [0, 0.05) is 18.6 Å². The summed E-state index contributed by atoms with van der Waals surface area (Å²) in [6.45, 7) is 1.01. The maximum absolute atomic E-state index is 9.83. The van der Waals surface area contributed by atoms with Crippen molar-refractivity contribution in [2.45, 2.75) is 44.0 Å². The van der Waals surface area contributed by atoms with Crippen molar-refractivity contribution in [3.05, 3.63) is 35.9 Å². The molecule has 1 aromatic rings. The molecule has 2 heteroatoms. The molecular weight excluding hydrogens is 186 g/mol. The first kappa shape index (κ1) is 9.37. The van der Waals surface area contributed by atoms with Crippen LogP contribution in [0.1, 0.15) is 24.8 Å². The second kappa shape index (κ2) is 3.62. The minimum Gasteiger partial charge on any atom is -0.391 e. The van der Waals surface area contributed by atoms with Crippen molar-refractivity contribution < 1.29 is 5.11 Å². The fourth-order valence-corrected chi connectivity index (χ4v) is 3.11. The van der Waals surface area contributed by atoms with Gasteiger partial charge in [-0.05, 0) is 24.8 Å². The quantitative estimate of drug-likeness (QED) is 0.792. The molecule has 0 aromatic heterocycles. The normalized spacial score (nSPS) is 34.9. The molecule has 2 nitrogen and oxygen atoms in total. The van der Waals surface area contributed by atoms with E-state index in [1.165, 1.54) is 18.4 Å². The van der Waals surface area contributed by atoms with Gasteiger partial charge in [0.25, 0.3) is 0 Å². The molecule has 3 atom stereocenters. The van der Waals surface area contributed by atoms with Crippen LogP contribution in [0.15, 0.2) is 30.3 Å². The molecule has 0 spiro atoms. The van der Waals surface area contributed by atoms with Gasteiger partial charge in [0.05, 0.1) is 6.10 Å². The number of nitrogens with zero attached hydrogens (tertiary/aromatic N) is 1. The average Bonchev–Trinajstić information content (AvgIpc) is 2.76. The molecular formula is C13H17NO. The molecule has 2 saturated heterocycles. The standard InChI is InChI=1S/C13H17NO/c15-13-8-11-6-7-12(13)14(11)9-10-4-2-1-3-5-10/h1-5,11-13,15H,6-9H2/t11-,12+,13-/m0/s1. The molecule has 0 saturated carbocycles. The lowest BCUT2D eigenvalue weighted by atomic mass is 9.98. The van der Waals surface area contributed by atoms with Crippen molar-refractivity contribution in [2.75, 3.05) is 0 Å². The van der Waals surface area contributed by atoms with Crippen molar-refractivity contribution >= 4 is 0 Å². The fraction of sp³-hybridized carbons (Fsp3) is 0.538. The van der Waals surface area contributed by atoms with E-state index in [4.69, 9.17) is 0 Å². The predicted octanol–water partition coefficient (Wildman–Crippen LogP) is 1.78. The molecule has 1 N–H and O–H groups in total. The van der Waals surface area contributed by atoms with Gasteiger partial charge >= 0.3 is 0 Å². The third kappa shape index (κ3) is 1.58. The highest BCUT2D eigenvalue weighted by molar-refractivity contribution is 5.16. The second-order valence-corrected chi connectivity index (χ2v) is 4.76. The van der Waals surface area contributed by atoms with Crippen molar-refractivity contribution in [1.82, 2.24) is 4.90 Å². The van der Waals surface area contributed by atoms with Gasteiger partial charge in [-0.3, -0.25) is 4.90 Å². The van der Waals surface area contributed by atoms with Crippen molar-refractivity contribution in [3.8, 4) is 0 Å². The Kier molecular flexibility index (Phi) is 2.26. The number of aliphatic hydroxyl groups excluding tert-OH is 1. The summed E-state index contributed by atoms with van der Waals surface area (Å²) in [5, 5.41) is 9.83. The van der Waals surface area contributed by atoms with Gasteiger partial charge in [0.1, 0.15) is 0 Å². The molecule has 0 radical (unpaired) electrons. The van der Waals surface area contributed by atoms with E-state index in [2.05, 4.69) is 35.2 Å². The summed E-state index contributed by atoms with van der Waals surface area (Å²) in [6.07, 6.45) is 3.36. The number of aliphatic hydroxyl groups is 1. The van der Waals surface area contributed by atoms with E-state index in [0.29, 0.717) is 12.1 Å². The molecule has 2 aliphatic heterocycles. The highest BCUT2D eigenvalue weighted by Crippen LogP contribution is 2.38. The molecule has 0 unspecified atom stereocenters. The molecule has 2 bridgehead atoms. The summed E-state index contributed by atoms with van der Waals surface area (Å²) in [5.74, 6) is 0. The van der Waals surface area contributed by atoms with E-state index < -0.39 is 0 Å². The summed E-state index contributed by atoms with van der Waals surface area (Å²) in [7, 11) is 0. The molecule has 3 rings (SSSR count). The molecule has 15 heavy (non-hydrogen) atoms. The smallest absolute Gasteiger partial charge is 0.0710 e. The van der Waals surface area contributed by atoms with Crippen LogP contribution in [0.3, 0.4) is 0 Å². The lowest BCUT2D eigenvalue weighted by Gasteiger charge is -2.22. The molecule has 2 fully saturated rings. The van der Waals surface area contributed by atoms with Crippen LogP contribution in [-0.4, -0.2) is 28.2 Å². The van der Waals surface area contributed by atoms with Crippen LogP contribution >= 0.6 is 0 Å². The molecule has 1 aromatic carbocycles. The maximum Gasteiger partial charge on any atom is 0.0710 e. The van der Waals surface area contributed by atoms with Crippen LogP contribution < -0.4 is 0 Å². The largest absolute Gasteiger partial charge is 0.391 e.